The van der Waals surface area contributed by atoms with Crippen LogP contribution in [0.1, 0.15) is 25.5 Å². The van der Waals surface area contributed by atoms with Crippen molar-refractivity contribution in [3.05, 3.63) is 18.1 Å². The molecule has 0 bridgehead atoms. The highest BCUT2D eigenvalue weighted by atomic mass is 16.5. The molecule has 0 aliphatic rings. The fourth-order valence-corrected chi connectivity index (χ4v) is 1.36. The third-order valence-corrected chi connectivity index (χ3v) is 2.40. The summed E-state index contributed by atoms with van der Waals surface area (Å²) in [6.07, 6.45) is 1.79. The molecule has 0 saturated carbocycles. The van der Waals surface area contributed by atoms with Gasteiger partial charge in [0.25, 0.3) is 0 Å². The van der Waals surface area contributed by atoms with Crippen LogP contribution in [0.2, 0.25) is 0 Å². The Hall–Kier alpha value is -2.18. The van der Waals surface area contributed by atoms with Gasteiger partial charge in [-0.15, -0.1) is 0 Å². The number of rotatable bonds is 7. The highest BCUT2D eigenvalue weighted by Gasteiger charge is 2.17. The molecule has 1 atom stereocenters. The van der Waals surface area contributed by atoms with E-state index in [1.165, 1.54) is 6.33 Å². The van der Waals surface area contributed by atoms with Gasteiger partial charge in [0.1, 0.15) is 12.4 Å². The number of hydrogen-bond acceptors (Lipinski definition) is 5. The molecule has 0 aliphatic carbocycles. The molecule has 1 rings (SSSR count). The normalized spacial score (nSPS) is 11.7. The first-order chi connectivity index (χ1) is 9.02. The zero-order chi connectivity index (χ0) is 14.3. The van der Waals surface area contributed by atoms with Crippen molar-refractivity contribution < 1.29 is 19.4 Å². The monoisotopic (exact) mass is 267 g/mol. The third-order valence-electron chi connectivity index (χ3n) is 2.40. The lowest BCUT2D eigenvalue weighted by Gasteiger charge is -2.12. The average molecular weight is 267 g/mol. The van der Waals surface area contributed by atoms with Crippen molar-refractivity contribution >= 4 is 11.9 Å². The molecule has 2 N–H and O–H groups in total. The van der Waals surface area contributed by atoms with Crippen LogP contribution in [0.5, 0.6) is 5.88 Å². The molecule has 0 spiro atoms. The van der Waals surface area contributed by atoms with E-state index >= 15 is 0 Å². The molecular formula is C12H17N3O4. The first-order valence-electron chi connectivity index (χ1n) is 5.96. The van der Waals surface area contributed by atoms with Gasteiger partial charge < -0.3 is 15.2 Å². The van der Waals surface area contributed by atoms with E-state index in [1.54, 1.807) is 19.9 Å². The Morgan fingerprint density at radius 3 is 2.79 bits per heavy atom. The predicted molar refractivity (Wildman–Crippen MR) is 66.7 cm³/mol. The highest BCUT2D eigenvalue weighted by molar-refractivity contribution is 5.83. The maximum Gasteiger partial charge on any atom is 0.326 e. The van der Waals surface area contributed by atoms with E-state index in [4.69, 9.17) is 9.84 Å². The number of aryl methyl sites for hydroxylation is 1. The molecule has 7 heteroatoms. The van der Waals surface area contributed by atoms with Crippen molar-refractivity contribution in [2.75, 3.05) is 6.61 Å². The van der Waals surface area contributed by atoms with Crippen LogP contribution in [0, 0.1) is 6.92 Å². The molecule has 0 aromatic carbocycles. The van der Waals surface area contributed by atoms with Gasteiger partial charge in [0, 0.05) is 11.8 Å². The molecular weight excluding hydrogens is 250 g/mol. The summed E-state index contributed by atoms with van der Waals surface area (Å²) in [5.74, 6) is -1.01. The van der Waals surface area contributed by atoms with Crippen LogP contribution in [-0.4, -0.2) is 39.6 Å². The van der Waals surface area contributed by atoms with Crippen molar-refractivity contribution in [1.29, 1.82) is 0 Å². The van der Waals surface area contributed by atoms with E-state index in [0.29, 0.717) is 12.3 Å². The molecule has 0 fully saturated rings. The summed E-state index contributed by atoms with van der Waals surface area (Å²) in [5, 5.41) is 11.2. The summed E-state index contributed by atoms with van der Waals surface area (Å²) in [6.45, 7) is 3.64. The minimum Gasteiger partial charge on any atom is -0.480 e. The SMILES string of the molecule is CCC(NC(=O)CCOc1cc(C)ncn1)C(=O)O. The maximum atomic E-state index is 11.5. The molecule has 1 heterocycles. The van der Waals surface area contributed by atoms with Gasteiger partial charge in [0.05, 0.1) is 13.0 Å². The quantitative estimate of drug-likeness (QED) is 0.747. The minimum atomic E-state index is -1.04. The van der Waals surface area contributed by atoms with E-state index < -0.39 is 12.0 Å². The molecule has 0 radical (unpaired) electrons. The van der Waals surface area contributed by atoms with Gasteiger partial charge >= 0.3 is 5.97 Å². The lowest BCUT2D eigenvalue weighted by Crippen LogP contribution is -2.40. The number of carbonyl (C=O) groups excluding carboxylic acids is 1. The van der Waals surface area contributed by atoms with Gasteiger partial charge in [0.15, 0.2) is 0 Å². The fraction of sp³-hybridized carbons (Fsp3) is 0.500. The summed E-state index contributed by atoms with van der Waals surface area (Å²) in [4.78, 5) is 30.0. The van der Waals surface area contributed by atoms with E-state index in [9.17, 15) is 9.59 Å². The van der Waals surface area contributed by atoms with E-state index in [2.05, 4.69) is 15.3 Å². The van der Waals surface area contributed by atoms with E-state index in [-0.39, 0.29) is 18.9 Å². The molecule has 0 aliphatic heterocycles. The molecule has 1 aromatic heterocycles. The fourth-order valence-electron chi connectivity index (χ4n) is 1.36. The Morgan fingerprint density at radius 1 is 1.47 bits per heavy atom. The molecule has 1 amide bonds. The Morgan fingerprint density at radius 2 is 2.21 bits per heavy atom. The largest absolute Gasteiger partial charge is 0.480 e. The Kier molecular flexibility index (Phi) is 5.72. The number of aliphatic carboxylic acids is 1. The van der Waals surface area contributed by atoms with Crippen LogP contribution in [0.25, 0.3) is 0 Å². The van der Waals surface area contributed by atoms with Crippen molar-refractivity contribution in [2.45, 2.75) is 32.7 Å². The number of carboxylic acid groups (broad SMARTS) is 1. The van der Waals surface area contributed by atoms with Crippen LogP contribution in [0.3, 0.4) is 0 Å². The first kappa shape index (κ1) is 14.9. The van der Waals surface area contributed by atoms with Crippen LogP contribution >= 0.6 is 0 Å². The van der Waals surface area contributed by atoms with Gasteiger partial charge in [-0.25, -0.2) is 14.8 Å². The third kappa shape index (κ3) is 5.33. The van der Waals surface area contributed by atoms with Crippen LogP contribution in [0.4, 0.5) is 0 Å². The van der Waals surface area contributed by atoms with Crippen LogP contribution in [0.15, 0.2) is 12.4 Å². The van der Waals surface area contributed by atoms with Gasteiger partial charge in [-0.1, -0.05) is 6.92 Å². The van der Waals surface area contributed by atoms with Crippen LogP contribution < -0.4 is 10.1 Å². The summed E-state index contributed by atoms with van der Waals surface area (Å²) in [7, 11) is 0. The van der Waals surface area contributed by atoms with Gasteiger partial charge in [-0.2, -0.15) is 0 Å². The van der Waals surface area contributed by atoms with Crippen LogP contribution in [-0.2, 0) is 9.59 Å². The molecule has 1 unspecified atom stereocenters. The number of aromatic nitrogens is 2. The topological polar surface area (TPSA) is 101 Å². The van der Waals surface area contributed by atoms with E-state index in [1.807, 2.05) is 0 Å². The second-order valence-corrected chi connectivity index (χ2v) is 3.96. The number of nitrogens with one attached hydrogen (secondary N) is 1. The molecule has 0 saturated heterocycles. The summed E-state index contributed by atoms with van der Waals surface area (Å²) in [5.41, 5.74) is 0.770. The second-order valence-electron chi connectivity index (χ2n) is 3.96. The second kappa shape index (κ2) is 7.30. The number of carbonyl (C=O) groups is 2. The molecule has 104 valence electrons. The summed E-state index contributed by atoms with van der Waals surface area (Å²) < 4.78 is 5.27. The van der Waals surface area contributed by atoms with Gasteiger partial charge in [-0.3, -0.25) is 4.79 Å². The van der Waals surface area contributed by atoms with Gasteiger partial charge in [0.2, 0.25) is 11.8 Å². The predicted octanol–water partition coefficient (Wildman–Crippen LogP) is 0.533. The van der Waals surface area contributed by atoms with Gasteiger partial charge in [-0.05, 0) is 13.3 Å². The summed E-state index contributed by atoms with van der Waals surface area (Å²) >= 11 is 0. The lowest BCUT2D eigenvalue weighted by atomic mass is 10.2. The zero-order valence-electron chi connectivity index (χ0n) is 10.9. The molecule has 19 heavy (non-hydrogen) atoms. The minimum absolute atomic E-state index is 0.0762. The zero-order valence-corrected chi connectivity index (χ0v) is 10.9. The van der Waals surface area contributed by atoms with E-state index in [0.717, 1.165) is 5.69 Å². The number of nitrogens with zero attached hydrogens (tertiary/aromatic N) is 2. The summed E-state index contributed by atoms with van der Waals surface area (Å²) in [6, 6.07) is 0.804. The maximum absolute atomic E-state index is 11.5. The Balaban J connectivity index is 2.33. The lowest BCUT2D eigenvalue weighted by molar-refractivity contribution is -0.142. The Labute approximate surface area is 111 Å². The number of carboxylic acids is 1. The molecule has 1 aromatic rings. The van der Waals surface area contributed by atoms with Crippen molar-refractivity contribution in [1.82, 2.24) is 15.3 Å². The van der Waals surface area contributed by atoms with Crippen molar-refractivity contribution in [3.63, 3.8) is 0 Å². The first-order valence-corrected chi connectivity index (χ1v) is 5.96. The number of hydrogen-bond donors (Lipinski definition) is 2. The standard InChI is InChI=1S/C12H17N3O4/c1-3-9(12(17)18)15-10(16)4-5-19-11-6-8(2)13-7-14-11/h6-7,9H,3-5H2,1-2H3,(H,15,16)(H,17,18). The number of amides is 1. The Bertz CT molecular complexity index is 450. The number of ether oxygens (including phenoxy) is 1. The highest BCUT2D eigenvalue weighted by Crippen LogP contribution is 2.05. The smallest absolute Gasteiger partial charge is 0.326 e. The average Bonchev–Trinajstić information content (AvgIpc) is 2.35. The molecule has 7 nitrogen and oxygen atoms in total. The van der Waals surface area contributed by atoms with Crippen molar-refractivity contribution in [2.24, 2.45) is 0 Å². The van der Waals surface area contributed by atoms with Crippen molar-refractivity contribution in [3.8, 4) is 5.88 Å².